The third kappa shape index (κ3) is 4.26. The van der Waals surface area contributed by atoms with Crippen LogP contribution in [0.3, 0.4) is 0 Å². The van der Waals surface area contributed by atoms with E-state index >= 15 is 0 Å². The molecule has 0 unspecified atom stereocenters. The molecule has 0 aliphatic heterocycles. The zero-order chi connectivity index (χ0) is 10.6. The van der Waals surface area contributed by atoms with Gasteiger partial charge in [-0.1, -0.05) is 13.8 Å². The quantitative estimate of drug-likeness (QED) is 0.747. The second kappa shape index (κ2) is 4.60. The number of hydrogen-bond acceptors (Lipinski definition) is 2. The molecule has 5 heteroatoms. The van der Waals surface area contributed by atoms with Gasteiger partial charge in [-0.15, -0.1) is 0 Å². The first kappa shape index (κ1) is 12.4. The van der Waals surface area contributed by atoms with E-state index in [0.717, 1.165) is 0 Å². The van der Waals surface area contributed by atoms with Crippen LogP contribution in [0.5, 0.6) is 0 Å². The molecule has 0 radical (unpaired) electrons. The van der Waals surface area contributed by atoms with Gasteiger partial charge >= 0.3 is 6.18 Å². The third-order valence-electron chi connectivity index (χ3n) is 1.77. The van der Waals surface area contributed by atoms with Crippen molar-refractivity contribution in [1.82, 2.24) is 0 Å². The number of aliphatic hydroxyl groups excluding tert-OH is 1. The molecule has 0 aliphatic carbocycles. The van der Waals surface area contributed by atoms with Gasteiger partial charge < -0.3 is 5.11 Å². The Balaban J connectivity index is 4.22. The number of alkyl halides is 3. The first-order valence-electron chi connectivity index (χ1n) is 3.99. The van der Waals surface area contributed by atoms with Gasteiger partial charge in [-0.05, 0) is 0 Å². The van der Waals surface area contributed by atoms with Crippen LogP contribution < -0.4 is 0 Å². The maximum absolute atomic E-state index is 12.0. The van der Waals surface area contributed by atoms with Crippen molar-refractivity contribution in [2.24, 2.45) is 11.8 Å². The molecule has 2 nitrogen and oxygen atoms in total. The van der Waals surface area contributed by atoms with Crippen LogP contribution in [0, 0.1) is 11.8 Å². The molecule has 0 amide bonds. The van der Waals surface area contributed by atoms with Crippen LogP contribution >= 0.6 is 0 Å². The fourth-order valence-corrected chi connectivity index (χ4v) is 0.762. The molecule has 0 saturated heterocycles. The van der Waals surface area contributed by atoms with Crippen molar-refractivity contribution >= 4 is 5.78 Å². The van der Waals surface area contributed by atoms with Crippen molar-refractivity contribution < 1.29 is 23.1 Å². The second-order valence-corrected chi connectivity index (χ2v) is 3.25. The molecule has 13 heavy (non-hydrogen) atoms. The summed E-state index contributed by atoms with van der Waals surface area (Å²) in [5, 5.41) is 8.42. The predicted molar refractivity (Wildman–Crippen MR) is 41.1 cm³/mol. The summed E-state index contributed by atoms with van der Waals surface area (Å²) in [5.41, 5.74) is 0. The Hall–Kier alpha value is -0.580. The van der Waals surface area contributed by atoms with Crippen molar-refractivity contribution in [3.8, 4) is 0 Å². The van der Waals surface area contributed by atoms with Crippen molar-refractivity contribution in [3.63, 3.8) is 0 Å². The summed E-state index contributed by atoms with van der Waals surface area (Å²) >= 11 is 0. The maximum atomic E-state index is 12.0. The Bertz CT molecular complexity index is 175. The van der Waals surface area contributed by atoms with E-state index in [9.17, 15) is 18.0 Å². The van der Waals surface area contributed by atoms with Gasteiger partial charge in [-0.3, -0.25) is 4.79 Å². The minimum atomic E-state index is -4.49. The van der Waals surface area contributed by atoms with Crippen LogP contribution in [0.2, 0.25) is 0 Å². The third-order valence-corrected chi connectivity index (χ3v) is 1.77. The highest BCUT2D eigenvalue weighted by Gasteiger charge is 2.40. The first-order valence-corrected chi connectivity index (χ1v) is 3.99. The van der Waals surface area contributed by atoms with Gasteiger partial charge in [-0.25, -0.2) is 0 Å². The van der Waals surface area contributed by atoms with Gasteiger partial charge in [0.1, 0.15) is 5.78 Å². The van der Waals surface area contributed by atoms with E-state index in [1.807, 2.05) is 0 Å². The van der Waals surface area contributed by atoms with Crippen LogP contribution in [0.15, 0.2) is 0 Å². The van der Waals surface area contributed by atoms with E-state index in [-0.39, 0.29) is 0 Å². The Labute approximate surface area is 74.7 Å². The number of halogens is 3. The summed E-state index contributed by atoms with van der Waals surface area (Å²) in [6.07, 6.45) is -5.11. The Morgan fingerprint density at radius 2 is 1.85 bits per heavy atom. The zero-order valence-electron chi connectivity index (χ0n) is 7.56. The van der Waals surface area contributed by atoms with Crippen molar-refractivity contribution in [1.29, 1.82) is 0 Å². The number of rotatable bonds is 4. The highest BCUT2D eigenvalue weighted by Crippen LogP contribution is 2.29. The molecule has 0 saturated carbocycles. The Kier molecular flexibility index (Phi) is 4.39. The fraction of sp³-hybridized carbons (Fsp3) is 0.875. The Morgan fingerprint density at radius 1 is 1.38 bits per heavy atom. The fourth-order valence-electron chi connectivity index (χ4n) is 0.762. The molecular formula is C8H13F3O2. The SMILES string of the molecule is CC(C)C(=O)C[C@H](CO)C(F)(F)F. The largest absolute Gasteiger partial charge is 0.396 e. The number of carbonyl (C=O) groups is 1. The number of Topliss-reactive ketones (excluding diaryl/α,β-unsaturated/α-hetero) is 1. The number of carbonyl (C=O) groups excluding carboxylic acids is 1. The highest BCUT2D eigenvalue weighted by molar-refractivity contribution is 5.80. The summed E-state index contributed by atoms with van der Waals surface area (Å²) in [7, 11) is 0. The molecule has 0 spiro atoms. The lowest BCUT2D eigenvalue weighted by atomic mass is 9.97. The number of aliphatic hydroxyl groups is 1. The van der Waals surface area contributed by atoms with E-state index in [1.165, 1.54) is 13.8 Å². The smallest absolute Gasteiger partial charge is 0.394 e. The molecule has 0 fully saturated rings. The van der Waals surface area contributed by atoms with Crippen molar-refractivity contribution in [2.45, 2.75) is 26.4 Å². The molecule has 0 aromatic carbocycles. The minimum Gasteiger partial charge on any atom is -0.396 e. The first-order chi connectivity index (χ1) is 5.79. The second-order valence-electron chi connectivity index (χ2n) is 3.25. The molecule has 1 atom stereocenters. The van der Waals surface area contributed by atoms with Crippen LogP contribution in [-0.2, 0) is 4.79 Å². The van der Waals surface area contributed by atoms with Gasteiger partial charge in [0.05, 0.1) is 12.5 Å². The summed E-state index contributed by atoms with van der Waals surface area (Å²) in [4.78, 5) is 10.9. The van der Waals surface area contributed by atoms with Gasteiger partial charge in [0.2, 0.25) is 0 Å². The number of hydrogen-bond donors (Lipinski definition) is 1. The lowest BCUT2D eigenvalue weighted by Crippen LogP contribution is -2.29. The van der Waals surface area contributed by atoms with Crippen molar-refractivity contribution in [3.05, 3.63) is 0 Å². The van der Waals surface area contributed by atoms with Crippen LogP contribution in [-0.4, -0.2) is 23.7 Å². The van der Waals surface area contributed by atoms with Crippen LogP contribution in [0.4, 0.5) is 13.2 Å². The van der Waals surface area contributed by atoms with E-state index in [0.29, 0.717) is 0 Å². The molecule has 0 rings (SSSR count). The molecule has 0 aromatic rings. The summed E-state index contributed by atoms with van der Waals surface area (Å²) in [5.74, 6) is -2.81. The summed E-state index contributed by atoms with van der Waals surface area (Å²) < 4.78 is 36.1. The molecule has 78 valence electrons. The molecule has 0 heterocycles. The highest BCUT2D eigenvalue weighted by atomic mass is 19.4. The summed E-state index contributed by atoms with van der Waals surface area (Å²) in [6, 6.07) is 0. The normalized spacial score (nSPS) is 14.7. The minimum absolute atomic E-state index is 0.420. The topological polar surface area (TPSA) is 37.3 Å². The van der Waals surface area contributed by atoms with E-state index in [1.54, 1.807) is 0 Å². The molecule has 0 bridgehead atoms. The predicted octanol–water partition coefficient (Wildman–Crippen LogP) is 1.77. The lowest BCUT2D eigenvalue weighted by Gasteiger charge is -2.17. The van der Waals surface area contributed by atoms with E-state index in [4.69, 9.17) is 5.11 Å². The van der Waals surface area contributed by atoms with Crippen LogP contribution in [0.1, 0.15) is 20.3 Å². The van der Waals surface area contributed by atoms with E-state index in [2.05, 4.69) is 0 Å². The Morgan fingerprint density at radius 3 is 2.08 bits per heavy atom. The molecule has 0 aromatic heterocycles. The van der Waals surface area contributed by atoms with Gasteiger partial charge in [0.15, 0.2) is 0 Å². The summed E-state index contributed by atoms with van der Waals surface area (Å²) in [6.45, 7) is 2.04. The number of ketones is 1. The van der Waals surface area contributed by atoms with Gasteiger partial charge in [0, 0.05) is 12.3 Å². The average Bonchev–Trinajstić information content (AvgIpc) is 1.96. The monoisotopic (exact) mass is 198 g/mol. The molecule has 1 N–H and O–H groups in total. The van der Waals surface area contributed by atoms with Gasteiger partial charge in [0.25, 0.3) is 0 Å². The molecular weight excluding hydrogens is 185 g/mol. The zero-order valence-corrected chi connectivity index (χ0v) is 7.56. The van der Waals surface area contributed by atoms with Crippen LogP contribution in [0.25, 0.3) is 0 Å². The van der Waals surface area contributed by atoms with Crippen molar-refractivity contribution in [2.75, 3.05) is 6.61 Å². The molecule has 0 aliphatic rings. The van der Waals surface area contributed by atoms with E-state index < -0.39 is 36.8 Å². The lowest BCUT2D eigenvalue weighted by molar-refractivity contribution is -0.187. The van der Waals surface area contributed by atoms with Gasteiger partial charge in [-0.2, -0.15) is 13.2 Å². The maximum Gasteiger partial charge on any atom is 0.394 e. The standard InChI is InChI=1S/C8H13F3O2/c1-5(2)7(13)3-6(4-12)8(9,10)11/h5-6,12H,3-4H2,1-2H3/t6-/m1/s1. The average molecular weight is 198 g/mol.